The van der Waals surface area contributed by atoms with Crippen LogP contribution in [0.5, 0.6) is 0 Å². The van der Waals surface area contributed by atoms with Crippen LogP contribution in [0.25, 0.3) is 0 Å². The fourth-order valence-corrected chi connectivity index (χ4v) is 2.80. The molecule has 0 spiro atoms. The van der Waals surface area contributed by atoms with Crippen LogP contribution < -0.4 is 0 Å². The van der Waals surface area contributed by atoms with Gasteiger partial charge in [0.05, 0.1) is 0 Å². The van der Waals surface area contributed by atoms with Crippen LogP contribution >= 0.6 is 0 Å². The molecule has 0 amide bonds. The molecule has 24 heavy (non-hydrogen) atoms. The molecule has 2 aromatic rings. The normalized spacial score (nSPS) is 14.1. The number of hydrogen-bond acceptors (Lipinski definition) is 0. The zero-order valence-corrected chi connectivity index (χ0v) is 17.2. The molecule has 0 aromatic heterocycles. The number of allylic oxidation sites excluding steroid dienone is 8. The average molecular weight is 477 g/mol. The summed E-state index contributed by atoms with van der Waals surface area (Å²) in [4.78, 5) is 0. The quantitative estimate of drug-likeness (QED) is 0.374. The summed E-state index contributed by atoms with van der Waals surface area (Å²) in [6.45, 7) is 0. The Morgan fingerprint density at radius 3 is 1.79 bits per heavy atom. The van der Waals surface area contributed by atoms with E-state index in [-0.39, 0.29) is 28.7 Å². The summed E-state index contributed by atoms with van der Waals surface area (Å²) < 4.78 is 0. The van der Waals surface area contributed by atoms with Crippen LogP contribution in [0.1, 0.15) is 32.7 Å². The van der Waals surface area contributed by atoms with Gasteiger partial charge in [-0.1, -0.05) is 60.7 Å². The van der Waals surface area contributed by atoms with Crippen molar-refractivity contribution in [3.05, 3.63) is 120 Å². The van der Waals surface area contributed by atoms with Crippen LogP contribution in [0.2, 0.25) is 0 Å². The van der Waals surface area contributed by atoms with Gasteiger partial charge in [-0.2, -0.15) is 12.2 Å². The molecular formula is C23H22Hf-4. The Labute approximate surface area is 167 Å². The third-order valence-electron chi connectivity index (χ3n) is 3.88. The first-order valence-corrected chi connectivity index (χ1v) is 8.04. The first-order chi connectivity index (χ1) is 11.4. The van der Waals surface area contributed by atoms with Crippen molar-refractivity contribution < 1.29 is 28.7 Å². The van der Waals surface area contributed by atoms with Gasteiger partial charge < -0.3 is 2.85 Å². The van der Waals surface area contributed by atoms with Crippen LogP contribution in [0.15, 0.2) is 96.6 Å². The first kappa shape index (κ1) is 18.6. The third kappa shape index (κ3) is 5.14. The van der Waals surface area contributed by atoms with Gasteiger partial charge in [-0.3, -0.25) is 12.2 Å². The zero-order valence-electron chi connectivity index (χ0n) is 15.7. The minimum atomic E-state index is 0. The summed E-state index contributed by atoms with van der Waals surface area (Å²) in [6, 6.07) is 21.3. The Morgan fingerprint density at radius 2 is 1.42 bits per heavy atom. The van der Waals surface area contributed by atoms with Gasteiger partial charge in [-0.15, -0.1) is 12.8 Å². The molecule has 0 bridgehead atoms. The maximum absolute atomic E-state index is 3.46. The monoisotopic (exact) mass is 478 g/mol. The fourth-order valence-electron chi connectivity index (χ4n) is 2.80. The molecule has 0 saturated heterocycles. The Morgan fingerprint density at radius 1 is 0.792 bits per heavy atom. The van der Waals surface area contributed by atoms with Crippen molar-refractivity contribution in [2.24, 2.45) is 0 Å². The van der Waals surface area contributed by atoms with Crippen molar-refractivity contribution in [1.29, 1.82) is 0 Å². The zero-order chi connectivity index (χ0) is 15.7. The molecule has 2 aliphatic rings. The van der Waals surface area contributed by atoms with Crippen molar-refractivity contribution in [3.8, 4) is 0 Å². The van der Waals surface area contributed by atoms with E-state index >= 15 is 0 Å². The van der Waals surface area contributed by atoms with Crippen molar-refractivity contribution in [2.75, 3.05) is 0 Å². The molecule has 0 radical (unpaired) electrons. The van der Waals surface area contributed by atoms with E-state index in [9.17, 15) is 0 Å². The topological polar surface area (TPSA) is 0 Å². The fraction of sp³-hybridized carbons (Fsp3) is 0.130. The van der Waals surface area contributed by atoms with Gasteiger partial charge in [0, 0.05) is 31.8 Å². The van der Waals surface area contributed by atoms with Crippen molar-refractivity contribution in [2.45, 2.75) is 18.8 Å². The van der Waals surface area contributed by atoms with Gasteiger partial charge in [0.2, 0.25) is 0 Å². The number of hydrogen-bond donors (Lipinski definition) is 0. The average Bonchev–Trinajstić information content (AvgIpc) is 3.34. The third-order valence-corrected chi connectivity index (χ3v) is 3.88. The summed E-state index contributed by atoms with van der Waals surface area (Å²) in [7, 11) is 0. The molecule has 4 rings (SSSR count). The molecule has 0 heterocycles. The minimum Gasteiger partial charge on any atom is -1.00 e. The Hall–Kier alpha value is -1.73. The maximum atomic E-state index is 3.46. The molecule has 0 aliphatic heterocycles. The first-order valence-electron chi connectivity index (χ1n) is 8.04. The van der Waals surface area contributed by atoms with Gasteiger partial charge in [-0.25, -0.2) is 23.8 Å². The van der Waals surface area contributed by atoms with Crippen molar-refractivity contribution in [3.63, 3.8) is 0 Å². The van der Waals surface area contributed by atoms with E-state index in [0.717, 1.165) is 12.8 Å². The molecule has 122 valence electrons. The van der Waals surface area contributed by atoms with E-state index in [4.69, 9.17) is 0 Å². The molecule has 2 aliphatic carbocycles. The summed E-state index contributed by atoms with van der Waals surface area (Å²) in [5.74, 6) is 0.311. The molecule has 0 fully saturated rings. The van der Waals surface area contributed by atoms with Gasteiger partial charge in [0.15, 0.2) is 0 Å². The van der Waals surface area contributed by atoms with Gasteiger partial charge in [0.1, 0.15) is 0 Å². The summed E-state index contributed by atoms with van der Waals surface area (Å²) in [5.41, 5.74) is 3.95. The second-order valence-corrected chi connectivity index (χ2v) is 5.50. The SMILES string of the molecule is [C-]1=C(C(c2ccccc2)c2ccccc2)C=CC1.[C-]1=CC=CC1.[H-].[H-].[Hf]. The van der Waals surface area contributed by atoms with E-state index in [1.54, 1.807) is 0 Å². The summed E-state index contributed by atoms with van der Waals surface area (Å²) >= 11 is 0. The Balaban J connectivity index is 0.000000685. The van der Waals surface area contributed by atoms with Gasteiger partial charge in [-0.05, 0) is 11.1 Å². The van der Waals surface area contributed by atoms with E-state index in [2.05, 4.69) is 91.0 Å². The number of benzene rings is 2. The second kappa shape index (κ2) is 10.2. The molecular weight excluding hydrogens is 455 g/mol. The molecule has 0 N–H and O–H groups in total. The second-order valence-electron chi connectivity index (χ2n) is 5.50. The smallest absolute Gasteiger partial charge is 0.000719 e. The van der Waals surface area contributed by atoms with E-state index in [1.165, 1.54) is 16.7 Å². The largest absolute Gasteiger partial charge is 1.00 e. The van der Waals surface area contributed by atoms with Crippen LogP contribution in [0, 0.1) is 12.2 Å². The Bertz CT molecular complexity index is 682. The van der Waals surface area contributed by atoms with Gasteiger partial charge in [0.25, 0.3) is 0 Å². The summed E-state index contributed by atoms with van der Waals surface area (Å²) in [6.07, 6.45) is 18.8. The van der Waals surface area contributed by atoms with Gasteiger partial charge >= 0.3 is 0 Å². The molecule has 0 unspecified atom stereocenters. The molecule has 1 heteroatoms. The van der Waals surface area contributed by atoms with Crippen LogP contribution in [-0.4, -0.2) is 0 Å². The minimum absolute atomic E-state index is 0. The predicted octanol–water partition coefficient (Wildman–Crippen LogP) is 6.04. The predicted molar refractivity (Wildman–Crippen MR) is 99.0 cm³/mol. The summed E-state index contributed by atoms with van der Waals surface area (Å²) in [5, 5.41) is 0. The number of rotatable bonds is 3. The maximum Gasteiger partial charge on any atom is 0.000719 e. The van der Waals surface area contributed by atoms with Crippen molar-refractivity contribution >= 4 is 0 Å². The van der Waals surface area contributed by atoms with Crippen LogP contribution in [-0.2, 0) is 25.8 Å². The van der Waals surface area contributed by atoms with Crippen LogP contribution in [0.4, 0.5) is 0 Å². The molecule has 0 saturated carbocycles. The molecule has 0 atom stereocenters. The van der Waals surface area contributed by atoms with E-state index < -0.39 is 0 Å². The van der Waals surface area contributed by atoms with E-state index in [0.29, 0.717) is 5.92 Å². The van der Waals surface area contributed by atoms with E-state index in [1.807, 2.05) is 12.2 Å². The van der Waals surface area contributed by atoms with Crippen LogP contribution in [0.3, 0.4) is 0 Å². The molecule has 0 nitrogen and oxygen atoms in total. The molecule has 2 aromatic carbocycles. The van der Waals surface area contributed by atoms with Crippen molar-refractivity contribution in [1.82, 2.24) is 0 Å². The Kier molecular flexibility index (Phi) is 7.91. The standard InChI is InChI=1S/C18H15.C5H5.Hf.2H/c1-3-9-15(10-4-1)18(17-13-7-8-14-17)16-11-5-2-6-12-16;1-2-4-5-3-1;;;/h1-7,9-13,18H,8H2;1-3H,4H2;;;/q2*-1;;2*-1.